The Hall–Kier alpha value is -3.68. The van der Waals surface area contributed by atoms with Gasteiger partial charge in [-0.25, -0.2) is 15.0 Å². The number of ether oxygens (including phenoxy) is 1. The van der Waals surface area contributed by atoms with E-state index in [9.17, 15) is 4.79 Å². The molecule has 0 atom stereocenters. The van der Waals surface area contributed by atoms with Crippen LogP contribution in [0.4, 0.5) is 11.6 Å². The molecule has 6 rings (SSSR count). The van der Waals surface area contributed by atoms with E-state index in [1.54, 1.807) is 6.33 Å². The van der Waals surface area contributed by atoms with Gasteiger partial charge in [0.15, 0.2) is 5.82 Å². The fraction of sp³-hybridized carbons (Fsp3) is 0.407. The highest BCUT2D eigenvalue weighted by Gasteiger charge is 2.55. The average molecular weight is 471 g/mol. The number of hydrogen-bond donors (Lipinski definition) is 1. The molecular weight excluding hydrogens is 440 g/mol. The van der Waals surface area contributed by atoms with Crippen molar-refractivity contribution in [2.75, 3.05) is 29.9 Å². The molecule has 1 N–H and O–H groups in total. The molecule has 8 nitrogen and oxygen atoms in total. The topological polar surface area (TPSA) is 83.5 Å². The number of pyridine rings is 1. The molecule has 1 amide bonds. The number of likely N-dealkylation sites (tertiary alicyclic amines) is 1. The average Bonchev–Trinajstić information content (AvgIpc) is 2.85. The Bertz CT molecular complexity index is 1230. The lowest BCUT2D eigenvalue weighted by atomic mass is 9.77. The zero-order valence-electron chi connectivity index (χ0n) is 19.8. The second kappa shape index (κ2) is 8.83. The van der Waals surface area contributed by atoms with Crippen molar-refractivity contribution in [3.8, 4) is 5.75 Å². The van der Waals surface area contributed by atoms with E-state index in [0.29, 0.717) is 6.04 Å². The predicted octanol–water partition coefficient (Wildman–Crippen LogP) is 3.80. The molecule has 3 aromatic rings. The van der Waals surface area contributed by atoms with Crippen molar-refractivity contribution >= 4 is 28.6 Å². The molecule has 1 saturated carbocycles. The minimum absolute atomic E-state index is 0.0196. The molecule has 2 saturated heterocycles. The second-order valence-electron chi connectivity index (χ2n) is 9.83. The van der Waals surface area contributed by atoms with Crippen LogP contribution in [0.5, 0.6) is 5.75 Å². The molecule has 0 unspecified atom stereocenters. The summed E-state index contributed by atoms with van der Waals surface area (Å²) in [6.07, 6.45) is 8.34. The van der Waals surface area contributed by atoms with Crippen molar-refractivity contribution in [3.05, 3.63) is 61.4 Å². The van der Waals surface area contributed by atoms with Crippen LogP contribution >= 0.6 is 0 Å². The van der Waals surface area contributed by atoms with Crippen LogP contribution < -0.4 is 15.0 Å². The Kier molecular flexibility index (Phi) is 5.51. The summed E-state index contributed by atoms with van der Waals surface area (Å²) in [5.41, 5.74) is 1.56. The van der Waals surface area contributed by atoms with Crippen LogP contribution in [0, 0.1) is 0 Å². The van der Waals surface area contributed by atoms with Crippen LogP contribution in [-0.2, 0) is 4.79 Å². The summed E-state index contributed by atoms with van der Waals surface area (Å²) >= 11 is 0. The van der Waals surface area contributed by atoms with E-state index in [1.807, 2.05) is 47.4 Å². The molecule has 4 heterocycles. The number of fused-ring (bicyclic) bond motifs is 1. The lowest BCUT2D eigenvalue weighted by Crippen LogP contribution is -2.78. The van der Waals surface area contributed by atoms with Crippen LogP contribution in [0.15, 0.2) is 61.4 Å². The number of anilines is 2. The maximum Gasteiger partial charge on any atom is 0.246 e. The molecule has 1 aromatic carbocycles. The number of amides is 1. The van der Waals surface area contributed by atoms with Gasteiger partial charge in [-0.3, -0.25) is 4.79 Å². The van der Waals surface area contributed by atoms with Crippen molar-refractivity contribution in [2.24, 2.45) is 0 Å². The standard InChI is InChI=1S/C27H30N6O2/c1-2-24(34)33-15-14-27(33)16-32(17-27)23-13-12-22-25(31-23)26(29-18-28-22)30-19-8-10-21(11-9-19)35-20-6-4-3-5-7-20/h2-7,12-13,18-19,21H,1,8-11,14-17H2,(H,28,29,30). The van der Waals surface area contributed by atoms with Gasteiger partial charge in [-0.2, -0.15) is 0 Å². The molecule has 3 aliphatic rings. The minimum atomic E-state index is -0.0589. The largest absolute Gasteiger partial charge is 0.490 e. The molecule has 8 heteroatoms. The third kappa shape index (κ3) is 4.07. The van der Waals surface area contributed by atoms with Crippen LogP contribution in [0.25, 0.3) is 11.0 Å². The van der Waals surface area contributed by atoms with Gasteiger partial charge in [-0.05, 0) is 62.4 Å². The number of carbonyl (C=O) groups excluding carboxylic acids is 1. The molecular formula is C27H30N6O2. The Morgan fingerprint density at radius 2 is 1.89 bits per heavy atom. The molecule has 35 heavy (non-hydrogen) atoms. The maximum absolute atomic E-state index is 12.1. The number of carbonyl (C=O) groups is 1. The van der Waals surface area contributed by atoms with E-state index in [4.69, 9.17) is 9.72 Å². The Morgan fingerprint density at radius 1 is 1.09 bits per heavy atom. The fourth-order valence-electron chi connectivity index (χ4n) is 5.57. The van der Waals surface area contributed by atoms with Gasteiger partial charge in [0.1, 0.15) is 23.4 Å². The number of benzene rings is 1. The van der Waals surface area contributed by atoms with Gasteiger partial charge in [0, 0.05) is 25.7 Å². The van der Waals surface area contributed by atoms with Crippen molar-refractivity contribution in [2.45, 2.75) is 49.8 Å². The summed E-state index contributed by atoms with van der Waals surface area (Å²) in [4.78, 5) is 30.2. The predicted molar refractivity (Wildman–Crippen MR) is 136 cm³/mol. The molecule has 2 aromatic heterocycles. The molecule has 0 bridgehead atoms. The molecule has 0 radical (unpaired) electrons. The van der Waals surface area contributed by atoms with Crippen molar-refractivity contribution < 1.29 is 9.53 Å². The lowest BCUT2D eigenvalue weighted by Gasteiger charge is -2.62. The quantitative estimate of drug-likeness (QED) is 0.549. The molecule has 3 fully saturated rings. The maximum atomic E-state index is 12.1. The monoisotopic (exact) mass is 470 g/mol. The molecule has 1 spiro atoms. The summed E-state index contributed by atoms with van der Waals surface area (Å²) in [5.74, 6) is 2.64. The van der Waals surface area contributed by atoms with Gasteiger partial charge in [0.25, 0.3) is 0 Å². The highest BCUT2D eigenvalue weighted by molar-refractivity contribution is 5.89. The highest BCUT2D eigenvalue weighted by Crippen LogP contribution is 2.41. The Balaban J connectivity index is 1.11. The first-order valence-corrected chi connectivity index (χ1v) is 12.4. The van der Waals surface area contributed by atoms with Gasteiger partial charge in [0.05, 0.1) is 17.2 Å². The summed E-state index contributed by atoms with van der Waals surface area (Å²) in [5, 5.41) is 3.63. The van der Waals surface area contributed by atoms with Crippen LogP contribution in [-0.4, -0.2) is 63.1 Å². The second-order valence-corrected chi connectivity index (χ2v) is 9.83. The lowest BCUT2D eigenvalue weighted by molar-refractivity contribution is -0.144. The van der Waals surface area contributed by atoms with E-state index in [-0.39, 0.29) is 17.6 Å². The minimum Gasteiger partial charge on any atom is -0.490 e. The number of aromatic nitrogens is 3. The van der Waals surface area contributed by atoms with Gasteiger partial charge in [-0.1, -0.05) is 24.8 Å². The summed E-state index contributed by atoms with van der Waals surface area (Å²) in [6.45, 7) is 6.04. The third-order valence-corrected chi connectivity index (χ3v) is 7.64. The Morgan fingerprint density at radius 3 is 2.60 bits per heavy atom. The first kappa shape index (κ1) is 21.8. The third-order valence-electron chi connectivity index (χ3n) is 7.64. The number of rotatable bonds is 6. The van der Waals surface area contributed by atoms with Crippen LogP contribution in [0.2, 0.25) is 0 Å². The number of nitrogens with one attached hydrogen (secondary N) is 1. The van der Waals surface area contributed by atoms with Gasteiger partial charge in [-0.15, -0.1) is 0 Å². The van der Waals surface area contributed by atoms with Crippen molar-refractivity contribution in [3.63, 3.8) is 0 Å². The van der Waals surface area contributed by atoms with Crippen molar-refractivity contribution in [1.82, 2.24) is 19.9 Å². The van der Waals surface area contributed by atoms with Crippen LogP contribution in [0.3, 0.4) is 0 Å². The zero-order chi connectivity index (χ0) is 23.8. The van der Waals surface area contributed by atoms with Gasteiger partial charge < -0.3 is 19.9 Å². The van der Waals surface area contributed by atoms with E-state index in [1.165, 1.54) is 6.08 Å². The van der Waals surface area contributed by atoms with E-state index in [2.05, 4.69) is 26.8 Å². The fourth-order valence-corrected chi connectivity index (χ4v) is 5.57. The first-order chi connectivity index (χ1) is 17.1. The number of para-hydroxylation sites is 1. The van der Waals surface area contributed by atoms with E-state index >= 15 is 0 Å². The number of hydrogen-bond acceptors (Lipinski definition) is 7. The summed E-state index contributed by atoms with van der Waals surface area (Å²) in [7, 11) is 0. The van der Waals surface area contributed by atoms with Crippen molar-refractivity contribution in [1.29, 1.82) is 0 Å². The van der Waals surface area contributed by atoms with Gasteiger partial charge in [0.2, 0.25) is 5.91 Å². The van der Waals surface area contributed by atoms with Gasteiger partial charge >= 0.3 is 0 Å². The smallest absolute Gasteiger partial charge is 0.246 e. The number of nitrogens with zero attached hydrogens (tertiary/aromatic N) is 5. The van der Waals surface area contributed by atoms with Crippen LogP contribution in [0.1, 0.15) is 32.1 Å². The summed E-state index contributed by atoms with van der Waals surface area (Å²) < 4.78 is 6.14. The molecule has 180 valence electrons. The summed E-state index contributed by atoms with van der Waals surface area (Å²) in [6, 6.07) is 14.4. The Labute approximate surface area is 205 Å². The highest BCUT2D eigenvalue weighted by atomic mass is 16.5. The SMILES string of the molecule is C=CC(=O)N1CCC12CN(c1ccc3ncnc(NC4CCC(Oc5ccccc5)CC4)c3n1)C2. The van der Waals surface area contributed by atoms with E-state index in [0.717, 1.165) is 80.2 Å². The van der Waals surface area contributed by atoms with E-state index < -0.39 is 0 Å². The molecule has 2 aliphatic heterocycles. The normalized spacial score (nSPS) is 22.9. The zero-order valence-corrected chi connectivity index (χ0v) is 19.8. The first-order valence-electron chi connectivity index (χ1n) is 12.4. The molecule has 1 aliphatic carbocycles.